The number of hydrogen-bond acceptors (Lipinski definition) is 3. The first-order valence-electron chi connectivity index (χ1n) is 10.5. The van der Waals surface area contributed by atoms with Gasteiger partial charge in [0.2, 0.25) is 11.8 Å². The Bertz CT molecular complexity index is 859. The van der Waals surface area contributed by atoms with Crippen molar-refractivity contribution in [3.63, 3.8) is 0 Å². The van der Waals surface area contributed by atoms with Gasteiger partial charge in [0.15, 0.2) is 0 Å². The van der Waals surface area contributed by atoms with Crippen molar-refractivity contribution < 1.29 is 9.59 Å². The lowest BCUT2D eigenvalue weighted by molar-refractivity contribution is -0.138. The maximum Gasteiger partial charge on any atom is 0.242 e. The van der Waals surface area contributed by atoms with Crippen LogP contribution in [-0.2, 0) is 21.9 Å². The summed E-state index contributed by atoms with van der Waals surface area (Å²) in [4.78, 5) is 27.5. The van der Waals surface area contributed by atoms with Crippen molar-refractivity contribution in [3.05, 3.63) is 70.3 Å². The van der Waals surface area contributed by atoms with Crippen LogP contribution < -0.4 is 5.32 Å². The zero-order valence-electron chi connectivity index (χ0n) is 19.0. The topological polar surface area (TPSA) is 49.4 Å². The maximum atomic E-state index is 13.1. The molecule has 1 N–H and O–H groups in total. The number of aryl methyl sites for hydroxylation is 3. The molecule has 0 radical (unpaired) electrons. The number of carbonyl (C=O) groups excluding carboxylic acids is 2. The average Bonchev–Trinajstić information content (AvgIpc) is 2.65. The normalized spacial score (nSPS) is 12.0. The average molecular weight is 427 g/mol. The molecule has 4 nitrogen and oxygen atoms in total. The van der Waals surface area contributed by atoms with Gasteiger partial charge in [0, 0.05) is 18.3 Å². The molecule has 0 fully saturated rings. The molecule has 2 amide bonds. The lowest BCUT2D eigenvalue weighted by Crippen LogP contribution is -2.49. The Morgan fingerprint density at radius 3 is 2.23 bits per heavy atom. The van der Waals surface area contributed by atoms with Gasteiger partial charge < -0.3 is 10.2 Å². The van der Waals surface area contributed by atoms with Gasteiger partial charge in [-0.25, -0.2) is 0 Å². The van der Waals surface area contributed by atoms with E-state index in [1.807, 2.05) is 52.0 Å². The van der Waals surface area contributed by atoms with Gasteiger partial charge in [-0.2, -0.15) is 0 Å². The summed E-state index contributed by atoms with van der Waals surface area (Å²) in [6, 6.07) is 14.0. The van der Waals surface area contributed by atoms with Crippen LogP contribution in [0.25, 0.3) is 0 Å². The van der Waals surface area contributed by atoms with Crippen molar-refractivity contribution in [2.24, 2.45) is 0 Å². The van der Waals surface area contributed by atoms with Crippen molar-refractivity contribution in [2.75, 3.05) is 5.75 Å². The Kier molecular flexibility index (Phi) is 8.97. The molecule has 0 aliphatic carbocycles. The second kappa shape index (κ2) is 11.2. The highest BCUT2D eigenvalue weighted by Gasteiger charge is 2.26. The highest BCUT2D eigenvalue weighted by molar-refractivity contribution is 7.99. The highest BCUT2D eigenvalue weighted by atomic mass is 32.2. The Labute approximate surface area is 185 Å². The van der Waals surface area contributed by atoms with E-state index in [-0.39, 0.29) is 17.9 Å². The number of thioether (sulfide) groups is 1. The predicted octanol–water partition coefficient (Wildman–Crippen LogP) is 4.79. The van der Waals surface area contributed by atoms with Crippen molar-refractivity contribution in [3.8, 4) is 0 Å². The van der Waals surface area contributed by atoms with Crippen LogP contribution in [0.2, 0.25) is 0 Å². The largest absolute Gasteiger partial charge is 0.352 e. The molecule has 2 aromatic rings. The molecule has 0 aliphatic rings. The first-order valence-corrected chi connectivity index (χ1v) is 11.6. The summed E-state index contributed by atoms with van der Waals surface area (Å²) in [6.45, 7) is 12.3. The number of hydrogen-bond donors (Lipinski definition) is 1. The minimum absolute atomic E-state index is 0.0148. The van der Waals surface area contributed by atoms with Crippen LogP contribution in [0.3, 0.4) is 0 Å². The van der Waals surface area contributed by atoms with Crippen molar-refractivity contribution in [1.82, 2.24) is 10.2 Å². The number of nitrogens with zero attached hydrogens (tertiary/aromatic N) is 1. The summed E-state index contributed by atoms with van der Waals surface area (Å²) in [5.74, 6) is 0.988. The number of amides is 2. The van der Waals surface area contributed by atoms with Gasteiger partial charge in [-0.15, -0.1) is 11.8 Å². The molecule has 2 aromatic carbocycles. The summed E-state index contributed by atoms with van der Waals surface area (Å²) >= 11 is 1.60. The first-order chi connectivity index (χ1) is 14.2. The van der Waals surface area contributed by atoms with E-state index in [2.05, 4.69) is 37.4 Å². The molecule has 162 valence electrons. The van der Waals surface area contributed by atoms with E-state index >= 15 is 0 Å². The maximum absolute atomic E-state index is 13.1. The zero-order valence-corrected chi connectivity index (χ0v) is 19.8. The van der Waals surface area contributed by atoms with Gasteiger partial charge >= 0.3 is 0 Å². The van der Waals surface area contributed by atoms with Gasteiger partial charge in [0.05, 0.1) is 5.75 Å². The molecule has 0 bridgehead atoms. The van der Waals surface area contributed by atoms with E-state index in [0.717, 1.165) is 16.9 Å². The zero-order chi connectivity index (χ0) is 22.3. The molecule has 0 saturated heterocycles. The molecule has 1 unspecified atom stereocenters. The second-order valence-corrected chi connectivity index (χ2v) is 9.26. The van der Waals surface area contributed by atoms with Gasteiger partial charge in [0.25, 0.3) is 0 Å². The minimum atomic E-state index is -0.527. The fraction of sp³-hybridized carbons (Fsp3) is 0.440. The fourth-order valence-electron chi connectivity index (χ4n) is 3.45. The number of benzene rings is 2. The smallest absolute Gasteiger partial charge is 0.242 e. The van der Waals surface area contributed by atoms with Gasteiger partial charge in [-0.3, -0.25) is 9.59 Å². The molecule has 30 heavy (non-hydrogen) atoms. The Morgan fingerprint density at radius 1 is 1.00 bits per heavy atom. The fourth-order valence-corrected chi connectivity index (χ4v) is 4.30. The van der Waals surface area contributed by atoms with Gasteiger partial charge in [-0.1, -0.05) is 53.6 Å². The molecule has 2 rings (SSSR count). The second-order valence-electron chi connectivity index (χ2n) is 8.28. The number of rotatable bonds is 9. The molecule has 1 atom stereocenters. The Morgan fingerprint density at radius 2 is 1.63 bits per heavy atom. The molecular formula is C25H34N2O2S. The molecule has 0 spiro atoms. The molecule has 5 heteroatoms. The number of carbonyl (C=O) groups is 2. The van der Waals surface area contributed by atoms with Crippen LogP contribution in [0, 0.1) is 20.8 Å². The van der Waals surface area contributed by atoms with Gasteiger partial charge in [-0.05, 0) is 58.2 Å². The first kappa shape index (κ1) is 24.0. The van der Waals surface area contributed by atoms with Crippen molar-refractivity contribution in [1.29, 1.82) is 0 Å². The Balaban J connectivity index is 2.10. The summed E-state index contributed by atoms with van der Waals surface area (Å²) in [5, 5.41) is 2.93. The third-order valence-electron chi connectivity index (χ3n) is 4.98. The third kappa shape index (κ3) is 7.21. The predicted molar refractivity (Wildman–Crippen MR) is 127 cm³/mol. The SMILES string of the molecule is Cc1cc(C)cc(CSCC(=O)N(Cc2ccccc2C)C(C)C(=O)NC(C)C)c1. The summed E-state index contributed by atoms with van der Waals surface area (Å²) in [6.07, 6.45) is 0. The molecule has 0 saturated carbocycles. The molecule has 0 aliphatic heterocycles. The molecule has 0 aromatic heterocycles. The monoisotopic (exact) mass is 426 g/mol. The Hall–Kier alpha value is -2.27. The van der Waals surface area contributed by atoms with Crippen LogP contribution >= 0.6 is 11.8 Å². The number of nitrogens with one attached hydrogen (secondary N) is 1. The van der Waals surface area contributed by atoms with E-state index in [1.165, 1.54) is 16.7 Å². The van der Waals surface area contributed by atoms with Crippen LogP contribution in [-0.4, -0.2) is 34.6 Å². The molecular weight excluding hydrogens is 392 g/mol. The quantitative estimate of drug-likeness (QED) is 0.627. The van der Waals surface area contributed by atoms with Crippen LogP contribution in [0.15, 0.2) is 42.5 Å². The summed E-state index contributed by atoms with van der Waals surface area (Å²) in [5.41, 5.74) is 5.87. The lowest BCUT2D eigenvalue weighted by Gasteiger charge is -2.30. The van der Waals surface area contributed by atoms with Crippen LogP contribution in [0.1, 0.15) is 48.6 Å². The van der Waals surface area contributed by atoms with Crippen molar-refractivity contribution >= 4 is 23.6 Å². The van der Waals surface area contributed by atoms with Crippen LogP contribution in [0.5, 0.6) is 0 Å². The van der Waals surface area contributed by atoms with E-state index < -0.39 is 6.04 Å². The summed E-state index contributed by atoms with van der Waals surface area (Å²) in [7, 11) is 0. The van der Waals surface area contributed by atoms with E-state index in [0.29, 0.717) is 12.3 Å². The summed E-state index contributed by atoms with van der Waals surface area (Å²) < 4.78 is 0. The highest BCUT2D eigenvalue weighted by Crippen LogP contribution is 2.19. The van der Waals surface area contributed by atoms with Crippen LogP contribution in [0.4, 0.5) is 0 Å². The van der Waals surface area contributed by atoms with Gasteiger partial charge in [0.1, 0.15) is 6.04 Å². The standard InChI is InChI=1S/C25H34N2O2S/c1-17(2)26-25(29)21(6)27(14-23-10-8-7-9-20(23)5)24(28)16-30-15-22-12-18(3)11-19(4)13-22/h7-13,17,21H,14-16H2,1-6H3,(H,26,29). The van der Waals surface area contributed by atoms with E-state index in [4.69, 9.17) is 0 Å². The lowest BCUT2D eigenvalue weighted by atomic mass is 10.1. The third-order valence-corrected chi connectivity index (χ3v) is 5.96. The van der Waals surface area contributed by atoms with Crippen molar-refractivity contribution in [2.45, 2.75) is 65.9 Å². The molecule has 0 heterocycles. The van der Waals surface area contributed by atoms with E-state index in [9.17, 15) is 9.59 Å². The van der Waals surface area contributed by atoms with E-state index in [1.54, 1.807) is 16.7 Å². The minimum Gasteiger partial charge on any atom is -0.352 e.